The summed E-state index contributed by atoms with van der Waals surface area (Å²) in [7, 11) is 4.22. The number of ketones is 1. The van der Waals surface area contributed by atoms with E-state index < -0.39 is 0 Å². The van der Waals surface area contributed by atoms with Gasteiger partial charge in [-0.2, -0.15) is 0 Å². The molecule has 2 heterocycles. The van der Waals surface area contributed by atoms with E-state index in [-0.39, 0.29) is 0 Å². The quantitative estimate of drug-likeness (QED) is 0.721. The van der Waals surface area contributed by atoms with Crippen LogP contribution >= 0.6 is 0 Å². The standard InChI is InChI=1S/C12H23N3O/c1-14-5-3-10(8-14)12(16)7-11-9-15(2)6-4-13-11/h10-11,13H,3-9H2,1-2H3. The van der Waals surface area contributed by atoms with Gasteiger partial charge < -0.3 is 15.1 Å². The molecule has 0 bridgehead atoms. The Kier molecular flexibility index (Phi) is 3.95. The van der Waals surface area contributed by atoms with E-state index in [0.717, 1.165) is 39.1 Å². The van der Waals surface area contributed by atoms with Gasteiger partial charge in [0.1, 0.15) is 5.78 Å². The van der Waals surface area contributed by atoms with Crippen LogP contribution in [0, 0.1) is 5.92 Å². The van der Waals surface area contributed by atoms with Gasteiger partial charge in [0.25, 0.3) is 0 Å². The Morgan fingerprint density at radius 3 is 2.62 bits per heavy atom. The predicted molar refractivity (Wildman–Crippen MR) is 64.5 cm³/mol. The van der Waals surface area contributed by atoms with Gasteiger partial charge in [0.15, 0.2) is 0 Å². The van der Waals surface area contributed by atoms with Crippen LogP contribution in [0.15, 0.2) is 0 Å². The zero-order valence-electron chi connectivity index (χ0n) is 10.4. The van der Waals surface area contributed by atoms with Crippen molar-refractivity contribution in [1.82, 2.24) is 15.1 Å². The minimum Gasteiger partial charge on any atom is -0.311 e. The minimum absolute atomic E-state index is 0.291. The van der Waals surface area contributed by atoms with Crippen LogP contribution in [0.2, 0.25) is 0 Å². The van der Waals surface area contributed by atoms with E-state index in [9.17, 15) is 4.79 Å². The molecule has 2 saturated heterocycles. The Hall–Kier alpha value is -0.450. The fourth-order valence-corrected chi connectivity index (χ4v) is 2.74. The van der Waals surface area contributed by atoms with Crippen molar-refractivity contribution in [2.75, 3.05) is 46.8 Å². The van der Waals surface area contributed by atoms with E-state index in [1.807, 2.05) is 0 Å². The SMILES string of the molecule is CN1CCNC(CC(=O)C2CCN(C)C2)C1. The number of carbonyl (C=O) groups excluding carboxylic acids is 1. The molecule has 4 heteroatoms. The molecule has 0 saturated carbocycles. The first-order chi connectivity index (χ1) is 7.65. The fourth-order valence-electron chi connectivity index (χ4n) is 2.74. The number of hydrogen-bond donors (Lipinski definition) is 1. The molecule has 0 aromatic carbocycles. The summed E-state index contributed by atoms with van der Waals surface area (Å²) >= 11 is 0. The number of likely N-dealkylation sites (N-methyl/N-ethyl adjacent to an activating group) is 1. The zero-order chi connectivity index (χ0) is 11.5. The maximum atomic E-state index is 12.1. The van der Waals surface area contributed by atoms with Gasteiger partial charge >= 0.3 is 0 Å². The number of piperazine rings is 1. The molecule has 2 rings (SSSR count). The van der Waals surface area contributed by atoms with Crippen molar-refractivity contribution in [2.24, 2.45) is 5.92 Å². The smallest absolute Gasteiger partial charge is 0.138 e. The van der Waals surface area contributed by atoms with Crippen LogP contribution in [-0.4, -0.2) is 68.4 Å². The largest absolute Gasteiger partial charge is 0.311 e. The lowest BCUT2D eigenvalue weighted by Crippen LogP contribution is -2.50. The monoisotopic (exact) mass is 225 g/mol. The highest BCUT2D eigenvalue weighted by molar-refractivity contribution is 5.82. The Labute approximate surface area is 98.0 Å². The molecule has 0 aliphatic carbocycles. The molecule has 0 spiro atoms. The molecule has 2 fully saturated rings. The highest BCUT2D eigenvalue weighted by Gasteiger charge is 2.28. The molecule has 16 heavy (non-hydrogen) atoms. The topological polar surface area (TPSA) is 35.6 Å². The van der Waals surface area contributed by atoms with Gasteiger partial charge in [0.05, 0.1) is 0 Å². The van der Waals surface area contributed by atoms with Gasteiger partial charge in [-0.15, -0.1) is 0 Å². The first kappa shape index (κ1) is 12.0. The second-order valence-corrected chi connectivity index (χ2v) is 5.33. The molecule has 0 aromatic rings. The van der Waals surface area contributed by atoms with Crippen molar-refractivity contribution >= 4 is 5.78 Å². The van der Waals surface area contributed by atoms with E-state index in [1.54, 1.807) is 0 Å². The van der Waals surface area contributed by atoms with Crippen LogP contribution < -0.4 is 5.32 Å². The number of hydrogen-bond acceptors (Lipinski definition) is 4. The average molecular weight is 225 g/mol. The Bertz CT molecular complexity index is 257. The van der Waals surface area contributed by atoms with E-state index in [2.05, 4.69) is 29.2 Å². The summed E-state index contributed by atoms with van der Waals surface area (Å²) < 4.78 is 0. The van der Waals surface area contributed by atoms with Crippen LogP contribution in [0.1, 0.15) is 12.8 Å². The highest BCUT2D eigenvalue weighted by atomic mass is 16.1. The number of carbonyl (C=O) groups is 1. The third-order valence-electron chi connectivity index (χ3n) is 3.75. The Morgan fingerprint density at radius 2 is 2.00 bits per heavy atom. The summed E-state index contributed by atoms with van der Waals surface area (Å²) in [5, 5.41) is 3.44. The van der Waals surface area contributed by atoms with E-state index in [0.29, 0.717) is 24.2 Å². The second kappa shape index (κ2) is 5.25. The summed E-state index contributed by atoms with van der Waals surface area (Å²) in [5.74, 6) is 0.746. The molecule has 4 nitrogen and oxygen atoms in total. The molecule has 2 aliphatic rings. The van der Waals surface area contributed by atoms with Gasteiger partial charge in [0.2, 0.25) is 0 Å². The number of nitrogens with one attached hydrogen (secondary N) is 1. The Morgan fingerprint density at radius 1 is 1.25 bits per heavy atom. The highest BCUT2D eigenvalue weighted by Crippen LogP contribution is 2.18. The molecular weight excluding hydrogens is 202 g/mol. The van der Waals surface area contributed by atoms with Crippen LogP contribution in [-0.2, 0) is 4.79 Å². The van der Waals surface area contributed by atoms with Crippen molar-refractivity contribution in [1.29, 1.82) is 0 Å². The summed E-state index contributed by atoms with van der Waals surface area (Å²) in [6, 6.07) is 0.372. The summed E-state index contributed by atoms with van der Waals surface area (Å²) in [6.45, 7) is 5.15. The summed E-state index contributed by atoms with van der Waals surface area (Å²) in [4.78, 5) is 16.6. The average Bonchev–Trinajstić information content (AvgIpc) is 2.65. The van der Waals surface area contributed by atoms with E-state index >= 15 is 0 Å². The molecule has 2 atom stereocenters. The number of rotatable bonds is 3. The van der Waals surface area contributed by atoms with Gasteiger partial charge in [-0.05, 0) is 27.1 Å². The lowest BCUT2D eigenvalue weighted by Gasteiger charge is -2.31. The molecule has 0 aromatic heterocycles. The van der Waals surface area contributed by atoms with Gasteiger partial charge in [0, 0.05) is 44.6 Å². The number of nitrogens with zero attached hydrogens (tertiary/aromatic N) is 2. The molecular formula is C12H23N3O. The lowest BCUT2D eigenvalue weighted by atomic mass is 9.96. The van der Waals surface area contributed by atoms with Crippen molar-refractivity contribution in [3.8, 4) is 0 Å². The van der Waals surface area contributed by atoms with Gasteiger partial charge in [-0.1, -0.05) is 0 Å². The van der Waals surface area contributed by atoms with E-state index in [4.69, 9.17) is 0 Å². The zero-order valence-corrected chi connectivity index (χ0v) is 10.4. The Balaban J connectivity index is 1.78. The number of Topliss-reactive ketones (excluding diaryl/α,β-unsaturated/α-hetero) is 1. The normalized spacial score (nSPS) is 33.1. The molecule has 2 unspecified atom stereocenters. The van der Waals surface area contributed by atoms with E-state index in [1.165, 1.54) is 0 Å². The third-order valence-corrected chi connectivity index (χ3v) is 3.75. The third kappa shape index (κ3) is 3.03. The first-order valence-electron chi connectivity index (χ1n) is 6.28. The molecule has 2 aliphatic heterocycles. The van der Waals surface area contributed by atoms with Crippen LogP contribution in [0.4, 0.5) is 0 Å². The fraction of sp³-hybridized carbons (Fsp3) is 0.917. The minimum atomic E-state index is 0.291. The van der Waals surface area contributed by atoms with Crippen molar-refractivity contribution in [3.05, 3.63) is 0 Å². The van der Waals surface area contributed by atoms with Crippen molar-refractivity contribution in [3.63, 3.8) is 0 Å². The summed E-state index contributed by atoms with van der Waals surface area (Å²) in [6.07, 6.45) is 1.76. The lowest BCUT2D eigenvalue weighted by molar-refractivity contribution is -0.123. The van der Waals surface area contributed by atoms with Gasteiger partial charge in [-0.25, -0.2) is 0 Å². The second-order valence-electron chi connectivity index (χ2n) is 5.33. The van der Waals surface area contributed by atoms with Crippen molar-refractivity contribution in [2.45, 2.75) is 18.9 Å². The first-order valence-corrected chi connectivity index (χ1v) is 6.28. The molecule has 0 amide bonds. The van der Waals surface area contributed by atoms with Crippen LogP contribution in [0.25, 0.3) is 0 Å². The molecule has 0 radical (unpaired) electrons. The maximum absolute atomic E-state index is 12.1. The maximum Gasteiger partial charge on any atom is 0.138 e. The molecule has 92 valence electrons. The van der Waals surface area contributed by atoms with Crippen LogP contribution in [0.3, 0.4) is 0 Å². The van der Waals surface area contributed by atoms with Crippen LogP contribution in [0.5, 0.6) is 0 Å². The predicted octanol–water partition coefficient (Wildman–Crippen LogP) is -0.199. The summed E-state index contributed by atoms with van der Waals surface area (Å²) in [5.41, 5.74) is 0. The number of likely N-dealkylation sites (tertiary alicyclic amines) is 1. The van der Waals surface area contributed by atoms with Crippen molar-refractivity contribution < 1.29 is 4.79 Å². The van der Waals surface area contributed by atoms with Gasteiger partial charge in [-0.3, -0.25) is 4.79 Å². The molecule has 1 N–H and O–H groups in total.